The molecule has 2 atom stereocenters. The molecule has 1 saturated heterocycles. The molecule has 1 fully saturated rings. The third-order valence-corrected chi connectivity index (χ3v) is 3.89. The van der Waals surface area contributed by atoms with Gasteiger partial charge in [-0.2, -0.15) is 0 Å². The van der Waals surface area contributed by atoms with Gasteiger partial charge in [0.15, 0.2) is 11.6 Å². The SMILES string of the molecule is Cc1ccc(C)n1Nc1ccc(N2C[C@@H](C)O[C@@H](C)C2)nn1. The van der Waals surface area contributed by atoms with Gasteiger partial charge in [-0.25, -0.2) is 0 Å². The van der Waals surface area contributed by atoms with Crippen LogP contribution in [-0.2, 0) is 4.74 Å². The minimum absolute atomic E-state index is 0.216. The molecule has 0 radical (unpaired) electrons. The van der Waals surface area contributed by atoms with Gasteiger partial charge in [0, 0.05) is 24.5 Å². The van der Waals surface area contributed by atoms with Crippen molar-refractivity contribution in [1.29, 1.82) is 0 Å². The Labute approximate surface area is 131 Å². The molecule has 1 N–H and O–H groups in total. The van der Waals surface area contributed by atoms with Gasteiger partial charge in [-0.15, -0.1) is 10.2 Å². The van der Waals surface area contributed by atoms with Crippen LogP contribution in [0.1, 0.15) is 25.2 Å². The number of nitrogens with zero attached hydrogens (tertiary/aromatic N) is 4. The smallest absolute Gasteiger partial charge is 0.167 e. The Hall–Kier alpha value is -2.08. The zero-order valence-electron chi connectivity index (χ0n) is 13.6. The van der Waals surface area contributed by atoms with E-state index in [9.17, 15) is 0 Å². The molecule has 0 aliphatic carbocycles. The maximum atomic E-state index is 5.75. The molecule has 2 aromatic heterocycles. The van der Waals surface area contributed by atoms with Crippen LogP contribution in [0.25, 0.3) is 0 Å². The molecule has 6 heteroatoms. The average Bonchev–Trinajstić information content (AvgIpc) is 2.79. The Kier molecular flexibility index (Phi) is 4.02. The molecule has 0 unspecified atom stereocenters. The second-order valence-electron chi connectivity index (χ2n) is 6.00. The molecule has 118 valence electrons. The van der Waals surface area contributed by atoms with E-state index in [1.54, 1.807) is 0 Å². The third-order valence-electron chi connectivity index (χ3n) is 3.89. The van der Waals surface area contributed by atoms with Crippen molar-refractivity contribution in [3.05, 3.63) is 35.7 Å². The Bertz CT molecular complexity index is 607. The zero-order valence-corrected chi connectivity index (χ0v) is 13.6. The van der Waals surface area contributed by atoms with Crippen molar-refractivity contribution in [1.82, 2.24) is 14.9 Å². The fourth-order valence-corrected chi connectivity index (χ4v) is 2.88. The second kappa shape index (κ2) is 5.96. The summed E-state index contributed by atoms with van der Waals surface area (Å²) in [6.45, 7) is 9.98. The number of nitrogens with one attached hydrogen (secondary N) is 1. The lowest BCUT2D eigenvalue weighted by molar-refractivity contribution is -0.00550. The van der Waals surface area contributed by atoms with Gasteiger partial charge in [0.05, 0.1) is 12.2 Å². The highest BCUT2D eigenvalue weighted by molar-refractivity contribution is 5.44. The molecule has 1 aliphatic heterocycles. The van der Waals surface area contributed by atoms with Crippen LogP contribution in [0.2, 0.25) is 0 Å². The Balaban J connectivity index is 1.73. The van der Waals surface area contributed by atoms with Crippen molar-refractivity contribution >= 4 is 11.6 Å². The van der Waals surface area contributed by atoms with E-state index in [0.717, 1.165) is 36.1 Å². The van der Waals surface area contributed by atoms with E-state index in [1.807, 2.05) is 16.8 Å². The highest BCUT2D eigenvalue weighted by Gasteiger charge is 2.23. The first-order valence-electron chi connectivity index (χ1n) is 7.69. The van der Waals surface area contributed by atoms with Crippen molar-refractivity contribution < 1.29 is 4.74 Å². The summed E-state index contributed by atoms with van der Waals surface area (Å²) < 4.78 is 7.76. The zero-order chi connectivity index (χ0) is 15.7. The van der Waals surface area contributed by atoms with Gasteiger partial charge in [0.2, 0.25) is 0 Å². The topological polar surface area (TPSA) is 55.2 Å². The summed E-state index contributed by atoms with van der Waals surface area (Å²) in [4.78, 5) is 2.22. The highest BCUT2D eigenvalue weighted by Crippen LogP contribution is 2.18. The molecule has 3 rings (SSSR count). The standard InChI is InChI=1S/C16H23N5O/c1-11-5-6-12(2)21(11)19-15-7-8-16(18-17-15)20-9-13(3)22-14(4)10-20/h5-8,13-14H,9-10H2,1-4H3,(H,17,19)/t13-,14+. The maximum absolute atomic E-state index is 5.75. The van der Waals surface area contributed by atoms with E-state index in [0.29, 0.717) is 0 Å². The number of aryl methyl sites for hydroxylation is 2. The molecule has 3 heterocycles. The van der Waals surface area contributed by atoms with Crippen molar-refractivity contribution in [2.24, 2.45) is 0 Å². The molecule has 0 bridgehead atoms. The van der Waals surface area contributed by atoms with E-state index in [-0.39, 0.29) is 12.2 Å². The summed E-state index contributed by atoms with van der Waals surface area (Å²) in [6.07, 6.45) is 0.432. The van der Waals surface area contributed by atoms with Crippen molar-refractivity contribution in [3.8, 4) is 0 Å². The molecule has 22 heavy (non-hydrogen) atoms. The van der Waals surface area contributed by atoms with Crippen molar-refractivity contribution in [3.63, 3.8) is 0 Å². The number of morpholine rings is 1. The van der Waals surface area contributed by atoms with Crippen LogP contribution in [0.5, 0.6) is 0 Å². The first kappa shape index (κ1) is 14.8. The van der Waals surface area contributed by atoms with E-state index < -0.39 is 0 Å². The van der Waals surface area contributed by atoms with Gasteiger partial charge in [-0.3, -0.25) is 10.1 Å². The number of rotatable bonds is 3. The lowest BCUT2D eigenvalue weighted by Gasteiger charge is -2.35. The van der Waals surface area contributed by atoms with Crippen LogP contribution >= 0.6 is 0 Å². The second-order valence-corrected chi connectivity index (χ2v) is 6.00. The first-order chi connectivity index (χ1) is 10.5. The van der Waals surface area contributed by atoms with Crippen LogP contribution in [0.4, 0.5) is 11.6 Å². The summed E-state index contributed by atoms with van der Waals surface area (Å²) in [5.74, 6) is 1.63. The molecule has 6 nitrogen and oxygen atoms in total. The monoisotopic (exact) mass is 301 g/mol. The van der Waals surface area contributed by atoms with Crippen molar-refractivity contribution in [2.45, 2.75) is 39.9 Å². The predicted octanol–water partition coefficient (Wildman–Crippen LogP) is 2.38. The largest absolute Gasteiger partial charge is 0.372 e. The lowest BCUT2D eigenvalue weighted by Crippen LogP contribution is -2.45. The number of hydrogen-bond donors (Lipinski definition) is 1. The van der Waals surface area contributed by atoms with Gasteiger partial charge in [-0.1, -0.05) is 0 Å². The lowest BCUT2D eigenvalue weighted by atomic mass is 10.2. The molecule has 0 spiro atoms. The van der Waals surface area contributed by atoms with E-state index >= 15 is 0 Å². The number of ether oxygens (including phenoxy) is 1. The van der Waals surface area contributed by atoms with E-state index in [4.69, 9.17) is 4.74 Å². The molecule has 1 aliphatic rings. The number of aromatic nitrogens is 3. The average molecular weight is 301 g/mol. The summed E-state index contributed by atoms with van der Waals surface area (Å²) in [6, 6.07) is 8.11. The van der Waals surface area contributed by atoms with Gasteiger partial charge < -0.3 is 9.64 Å². The molecular weight excluding hydrogens is 278 g/mol. The first-order valence-corrected chi connectivity index (χ1v) is 7.69. The predicted molar refractivity (Wildman–Crippen MR) is 87.2 cm³/mol. The van der Waals surface area contributed by atoms with Crippen LogP contribution in [0.15, 0.2) is 24.3 Å². The highest BCUT2D eigenvalue weighted by atomic mass is 16.5. The quantitative estimate of drug-likeness (QED) is 0.943. The Morgan fingerprint density at radius 2 is 1.64 bits per heavy atom. The van der Waals surface area contributed by atoms with Crippen LogP contribution in [-0.4, -0.2) is 40.2 Å². The Morgan fingerprint density at radius 1 is 1.00 bits per heavy atom. The van der Waals surface area contributed by atoms with E-state index in [1.165, 1.54) is 0 Å². The van der Waals surface area contributed by atoms with Crippen LogP contribution < -0.4 is 10.3 Å². The summed E-state index contributed by atoms with van der Waals surface area (Å²) in [5.41, 5.74) is 5.54. The number of anilines is 2. The molecule has 0 amide bonds. The summed E-state index contributed by atoms with van der Waals surface area (Å²) in [5, 5.41) is 8.65. The fraction of sp³-hybridized carbons (Fsp3) is 0.500. The van der Waals surface area contributed by atoms with E-state index in [2.05, 4.69) is 60.4 Å². The minimum atomic E-state index is 0.216. The van der Waals surface area contributed by atoms with Gasteiger partial charge in [0.1, 0.15) is 0 Å². The number of hydrogen-bond acceptors (Lipinski definition) is 5. The van der Waals surface area contributed by atoms with Gasteiger partial charge in [0.25, 0.3) is 0 Å². The minimum Gasteiger partial charge on any atom is -0.372 e. The summed E-state index contributed by atoms with van der Waals surface area (Å²) in [7, 11) is 0. The fourth-order valence-electron chi connectivity index (χ4n) is 2.88. The molecule has 0 aromatic carbocycles. The third kappa shape index (κ3) is 3.06. The molecule has 0 saturated carbocycles. The van der Waals surface area contributed by atoms with Gasteiger partial charge >= 0.3 is 0 Å². The van der Waals surface area contributed by atoms with Gasteiger partial charge in [-0.05, 0) is 52.0 Å². The summed E-state index contributed by atoms with van der Waals surface area (Å²) >= 11 is 0. The van der Waals surface area contributed by atoms with Crippen molar-refractivity contribution in [2.75, 3.05) is 23.4 Å². The van der Waals surface area contributed by atoms with Crippen LogP contribution in [0.3, 0.4) is 0 Å². The molecule has 2 aromatic rings. The normalized spacial score (nSPS) is 21.9. The Morgan fingerprint density at radius 3 is 2.18 bits per heavy atom. The maximum Gasteiger partial charge on any atom is 0.167 e. The molecular formula is C16H23N5O. The van der Waals surface area contributed by atoms with Crippen LogP contribution in [0, 0.1) is 13.8 Å².